The second-order valence-corrected chi connectivity index (χ2v) is 5.70. The van der Waals surface area contributed by atoms with Crippen LogP contribution in [0.25, 0.3) is 0 Å². The van der Waals surface area contributed by atoms with Crippen molar-refractivity contribution in [3.63, 3.8) is 0 Å². The van der Waals surface area contributed by atoms with Gasteiger partial charge in [-0.3, -0.25) is 14.8 Å². The number of sulfonamides is 1. The van der Waals surface area contributed by atoms with Crippen LogP contribution < -0.4 is 4.72 Å². The van der Waals surface area contributed by atoms with Crippen LogP contribution in [0.4, 0.5) is 5.69 Å². The summed E-state index contributed by atoms with van der Waals surface area (Å²) in [7, 11) is -3.56. The molecule has 2 rings (SSSR count). The normalized spacial score (nSPS) is 11.4. The van der Waals surface area contributed by atoms with Crippen LogP contribution in [0.5, 0.6) is 0 Å². The molecule has 0 aliphatic carbocycles. The van der Waals surface area contributed by atoms with Gasteiger partial charge in [-0.05, 0) is 12.1 Å². The number of rotatable bonds is 6. The maximum Gasteiger partial charge on any atom is 0.306 e. The van der Waals surface area contributed by atoms with Gasteiger partial charge < -0.3 is 0 Å². The van der Waals surface area contributed by atoms with E-state index in [0.29, 0.717) is 0 Å². The van der Waals surface area contributed by atoms with Crippen molar-refractivity contribution in [1.29, 1.82) is 0 Å². The van der Waals surface area contributed by atoms with E-state index in [2.05, 4.69) is 9.82 Å². The molecule has 8 nitrogen and oxygen atoms in total. The highest BCUT2D eigenvalue weighted by molar-refractivity contribution is 7.89. The Morgan fingerprint density at radius 2 is 2.00 bits per heavy atom. The van der Waals surface area contributed by atoms with Crippen molar-refractivity contribution in [3.8, 4) is 0 Å². The zero-order valence-corrected chi connectivity index (χ0v) is 11.2. The average Bonchev–Trinajstić information content (AvgIpc) is 2.89. The van der Waals surface area contributed by atoms with Gasteiger partial charge in [0.2, 0.25) is 10.0 Å². The van der Waals surface area contributed by atoms with Gasteiger partial charge >= 0.3 is 5.69 Å². The highest BCUT2D eigenvalue weighted by Gasteiger charge is 2.13. The Hall–Kier alpha value is -2.26. The summed E-state index contributed by atoms with van der Waals surface area (Å²) in [5.41, 5.74) is -0.129. The van der Waals surface area contributed by atoms with Gasteiger partial charge in [-0.2, -0.15) is 5.10 Å². The summed E-state index contributed by atoms with van der Waals surface area (Å²) in [5, 5.41) is 14.2. The van der Waals surface area contributed by atoms with E-state index >= 15 is 0 Å². The highest BCUT2D eigenvalue weighted by Crippen LogP contribution is 2.08. The van der Waals surface area contributed by atoms with Crippen LogP contribution in [0.1, 0.15) is 0 Å². The van der Waals surface area contributed by atoms with E-state index < -0.39 is 14.9 Å². The lowest BCUT2D eigenvalue weighted by atomic mass is 10.4. The monoisotopic (exact) mass is 296 g/mol. The van der Waals surface area contributed by atoms with E-state index in [4.69, 9.17) is 0 Å². The molecule has 1 aromatic carbocycles. The molecule has 0 fully saturated rings. The van der Waals surface area contributed by atoms with Gasteiger partial charge in [-0.25, -0.2) is 13.1 Å². The van der Waals surface area contributed by atoms with Crippen LogP contribution in [0, 0.1) is 10.1 Å². The van der Waals surface area contributed by atoms with E-state index in [9.17, 15) is 18.5 Å². The predicted octanol–water partition coefficient (Wildman–Crippen LogP) is 0.770. The summed E-state index contributed by atoms with van der Waals surface area (Å²) < 4.78 is 27.5. The van der Waals surface area contributed by atoms with E-state index in [1.165, 1.54) is 23.0 Å². The molecule has 0 bridgehead atoms. The molecule has 1 N–H and O–H groups in total. The first-order valence-corrected chi connectivity index (χ1v) is 7.19. The molecular formula is C11H12N4O4S. The Balaban J connectivity index is 1.94. The van der Waals surface area contributed by atoms with Crippen molar-refractivity contribution >= 4 is 15.7 Å². The minimum absolute atomic E-state index is 0.0933. The third kappa shape index (κ3) is 3.39. The maximum atomic E-state index is 11.9. The number of aromatic nitrogens is 2. The molecule has 0 amide bonds. The fourth-order valence-electron chi connectivity index (χ4n) is 1.55. The number of hydrogen-bond acceptors (Lipinski definition) is 5. The fraction of sp³-hybridized carbons (Fsp3) is 0.182. The van der Waals surface area contributed by atoms with E-state index in [-0.39, 0.29) is 23.7 Å². The summed E-state index contributed by atoms with van der Waals surface area (Å²) in [5.74, 6) is 0. The minimum Gasteiger partial charge on any atom is -0.264 e. The van der Waals surface area contributed by atoms with Gasteiger partial charge in [0.15, 0.2) is 0 Å². The fourth-order valence-corrected chi connectivity index (χ4v) is 2.59. The van der Waals surface area contributed by atoms with Crippen LogP contribution in [0.3, 0.4) is 0 Å². The Kier molecular flexibility index (Phi) is 4.11. The molecule has 0 saturated heterocycles. The number of nitrogens with one attached hydrogen (secondary N) is 1. The zero-order chi connectivity index (χ0) is 14.6. The van der Waals surface area contributed by atoms with Crippen LogP contribution in [0.15, 0.2) is 47.6 Å². The SMILES string of the molecule is O=[N+]([O-])c1cnn(CCNS(=O)(=O)c2ccccc2)c1. The lowest BCUT2D eigenvalue weighted by Crippen LogP contribution is -2.27. The molecule has 0 unspecified atom stereocenters. The van der Waals surface area contributed by atoms with Crippen molar-refractivity contribution < 1.29 is 13.3 Å². The molecule has 0 aliphatic rings. The smallest absolute Gasteiger partial charge is 0.264 e. The van der Waals surface area contributed by atoms with Crippen molar-refractivity contribution in [2.75, 3.05) is 6.54 Å². The number of nitrogens with zero attached hydrogens (tertiary/aromatic N) is 3. The molecular weight excluding hydrogens is 284 g/mol. The molecule has 106 valence electrons. The summed E-state index contributed by atoms with van der Waals surface area (Å²) in [6.45, 7) is 0.302. The third-order valence-electron chi connectivity index (χ3n) is 2.52. The van der Waals surface area contributed by atoms with Gasteiger partial charge in [0, 0.05) is 6.54 Å². The highest BCUT2D eigenvalue weighted by atomic mass is 32.2. The second-order valence-electron chi connectivity index (χ2n) is 3.93. The number of hydrogen-bond donors (Lipinski definition) is 1. The topological polar surface area (TPSA) is 107 Å². The van der Waals surface area contributed by atoms with Crippen LogP contribution in [-0.2, 0) is 16.6 Å². The summed E-state index contributed by atoms with van der Waals surface area (Å²) in [6.07, 6.45) is 2.36. The van der Waals surface area contributed by atoms with Crippen LogP contribution >= 0.6 is 0 Å². The summed E-state index contributed by atoms with van der Waals surface area (Å²) in [4.78, 5) is 10.1. The lowest BCUT2D eigenvalue weighted by Gasteiger charge is -2.06. The Labute approximate surface area is 115 Å². The zero-order valence-electron chi connectivity index (χ0n) is 10.3. The summed E-state index contributed by atoms with van der Waals surface area (Å²) >= 11 is 0. The van der Waals surface area contributed by atoms with Gasteiger partial charge in [0.25, 0.3) is 0 Å². The van der Waals surface area contributed by atoms with Crippen molar-refractivity contribution in [2.24, 2.45) is 0 Å². The molecule has 0 radical (unpaired) electrons. The number of nitro groups is 1. The maximum absolute atomic E-state index is 11.9. The van der Waals surface area contributed by atoms with Gasteiger partial charge in [0.1, 0.15) is 12.4 Å². The van der Waals surface area contributed by atoms with Gasteiger partial charge in [-0.1, -0.05) is 18.2 Å². The molecule has 1 heterocycles. The Bertz CT molecular complexity index is 696. The van der Waals surface area contributed by atoms with Crippen LogP contribution in [-0.4, -0.2) is 29.7 Å². The summed E-state index contributed by atoms with van der Waals surface area (Å²) in [6, 6.07) is 7.96. The average molecular weight is 296 g/mol. The molecule has 0 spiro atoms. The van der Waals surface area contributed by atoms with Crippen LogP contribution in [0.2, 0.25) is 0 Å². The Morgan fingerprint density at radius 1 is 1.30 bits per heavy atom. The third-order valence-corrected chi connectivity index (χ3v) is 3.99. The lowest BCUT2D eigenvalue weighted by molar-refractivity contribution is -0.385. The van der Waals surface area contributed by atoms with Crippen molar-refractivity contribution in [2.45, 2.75) is 11.4 Å². The minimum atomic E-state index is -3.56. The molecule has 20 heavy (non-hydrogen) atoms. The number of benzene rings is 1. The molecule has 0 atom stereocenters. The van der Waals surface area contributed by atoms with Gasteiger partial charge in [-0.15, -0.1) is 0 Å². The molecule has 2 aromatic rings. The predicted molar refractivity (Wildman–Crippen MR) is 70.5 cm³/mol. The quantitative estimate of drug-likeness (QED) is 0.626. The van der Waals surface area contributed by atoms with E-state index in [1.807, 2.05) is 0 Å². The molecule has 0 aliphatic heterocycles. The van der Waals surface area contributed by atoms with Gasteiger partial charge in [0.05, 0.1) is 16.4 Å². The molecule has 0 saturated carbocycles. The standard InChI is InChI=1S/C11H12N4O4S/c16-15(17)10-8-12-14(9-10)7-6-13-20(18,19)11-4-2-1-3-5-11/h1-5,8-9,13H,6-7H2. The first kappa shape index (κ1) is 14.2. The van der Waals surface area contributed by atoms with E-state index in [1.54, 1.807) is 18.2 Å². The molecule has 9 heteroatoms. The Morgan fingerprint density at radius 3 is 2.60 bits per heavy atom. The largest absolute Gasteiger partial charge is 0.306 e. The van der Waals surface area contributed by atoms with E-state index in [0.717, 1.165) is 6.20 Å². The van der Waals surface area contributed by atoms with Crippen molar-refractivity contribution in [1.82, 2.24) is 14.5 Å². The first-order chi connectivity index (χ1) is 9.49. The molecule has 1 aromatic heterocycles. The first-order valence-electron chi connectivity index (χ1n) is 5.70. The second kappa shape index (κ2) is 5.80. The van der Waals surface area contributed by atoms with Crippen molar-refractivity contribution in [3.05, 3.63) is 52.8 Å².